The van der Waals surface area contributed by atoms with Gasteiger partial charge in [0.05, 0.1) is 24.4 Å². The Bertz CT molecular complexity index is 1060. The van der Waals surface area contributed by atoms with Gasteiger partial charge in [-0.2, -0.15) is 0 Å². The number of sulfonamides is 1. The maximum Gasteiger partial charge on any atom is 0.264 e. The topological polar surface area (TPSA) is 77.5 Å². The summed E-state index contributed by atoms with van der Waals surface area (Å²) in [5, 5.41) is 0.777. The Kier molecular flexibility index (Phi) is 5.51. The molecule has 142 valence electrons. The molecule has 1 heterocycles. The molecule has 0 bridgehead atoms. The molecule has 7 heteroatoms. The third kappa shape index (κ3) is 4.14. The van der Waals surface area contributed by atoms with E-state index in [4.69, 9.17) is 9.47 Å². The van der Waals surface area contributed by atoms with Crippen molar-refractivity contribution in [3.05, 3.63) is 54.2 Å². The monoisotopic (exact) mass is 386 g/mol. The molecule has 0 aliphatic rings. The van der Waals surface area contributed by atoms with Crippen LogP contribution in [0.2, 0.25) is 0 Å². The molecule has 0 aliphatic carbocycles. The van der Waals surface area contributed by atoms with Crippen molar-refractivity contribution < 1.29 is 17.9 Å². The van der Waals surface area contributed by atoms with E-state index in [9.17, 15) is 8.42 Å². The average Bonchev–Trinajstić information content (AvgIpc) is 2.63. The largest absolute Gasteiger partial charge is 0.490 e. The first-order valence-electron chi connectivity index (χ1n) is 8.72. The summed E-state index contributed by atoms with van der Waals surface area (Å²) >= 11 is 0. The van der Waals surface area contributed by atoms with E-state index >= 15 is 0 Å². The van der Waals surface area contributed by atoms with Gasteiger partial charge in [0.2, 0.25) is 0 Å². The lowest BCUT2D eigenvalue weighted by molar-refractivity contribution is 0.288. The highest BCUT2D eigenvalue weighted by molar-refractivity contribution is 7.93. The molecule has 0 radical (unpaired) electrons. The molecule has 1 aromatic heterocycles. The van der Waals surface area contributed by atoms with E-state index in [0.717, 1.165) is 10.9 Å². The molecule has 3 aromatic rings. The molecule has 0 amide bonds. The van der Waals surface area contributed by atoms with Gasteiger partial charge in [-0.25, -0.2) is 8.42 Å². The van der Waals surface area contributed by atoms with Gasteiger partial charge in [0.15, 0.2) is 11.5 Å². The number of fused-ring (bicyclic) bond motifs is 1. The van der Waals surface area contributed by atoms with E-state index < -0.39 is 10.0 Å². The van der Waals surface area contributed by atoms with E-state index in [0.29, 0.717) is 35.9 Å². The second kappa shape index (κ2) is 7.84. The third-order valence-corrected chi connectivity index (χ3v) is 5.31. The first-order valence-corrected chi connectivity index (χ1v) is 10.2. The van der Waals surface area contributed by atoms with Crippen molar-refractivity contribution in [3.8, 4) is 11.5 Å². The fourth-order valence-corrected chi connectivity index (χ4v) is 4.01. The van der Waals surface area contributed by atoms with Crippen LogP contribution in [0.5, 0.6) is 11.5 Å². The summed E-state index contributed by atoms with van der Waals surface area (Å²) in [5.41, 5.74) is 1.80. The van der Waals surface area contributed by atoms with Crippen LogP contribution in [-0.4, -0.2) is 26.6 Å². The average molecular weight is 386 g/mol. The van der Waals surface area contributed by atoms with Crippen molar-refractivity contribution in [1.29, 1.82) is 0 Å². The Balaban J connectivity index is 1.99. The normalized spacial score (nSPS) is 11.4. The Morgan fingerprint density at radius 1 is 1.00 bits per heavy atom. The molecule has 6 nitrogen and oxygen atoms in total. The fourth-order valence-electron chi connectivity index (χ4n) is 2.78. The van der Waals surface area contributed by atoms with Gasteiger partial charge in [-0.1, -0.05) is 12.1 Å². The zero-order valence-electron chi connectivity index (χ0n) is 15.5. The van der Waals surface area contributed by atoms with Crippen LogP contribution in [0.1, 0.15) is 19.4 Å². The predicted molar refractivity (Wildman–Crippen MR) is 106 cm³/mol. The zero-order chi connectivity index (χ0) is 19.4. The molecule has 0 aliphatic heterocycles. The lowest BCUT2D eigenvalue weighted by Gasteiger charge is -2.14. The molecule has 0 saturated heterocycles. The van der Waals surface area contributed by atoms with Crippen LogP contribution in [0.4, 0.5) is 5.69 Å². The molecule has 0 atom stereocenters. The number of ether oxygens (including phenoxy) is 2. The molecule has 0 saturated carbocycles. The molecule has 0 unspecified atom stereocenters. The summed E-state index contributed by atoms with van der Waals surface area (Å²) in [6.07, 6.45) is 1.66. The van der Waals surface area contributed by atoms with Gasteiger partial charge in [-0.15, -0.1) is 0 Å². The van der Waals surface area contributed by atoms with Crippen molar-refractivity contribution >= 4 is 26.6 Å². The Morgan fingerprint density at radius 3 is 2.48 bits per heavy atom. The highest BCUT2D eigenvalue weighted by Gasteiger charge is 2.19. The summed E-state index contributed by atoms with van der Waals surface area (Å²) in [6, 6.07) is 12.0. The number of para-hydroxylation sites is 1. The van der Waals surface area contributed by atoms with Crippen LogP contribution in [0.25, 0.3) is 10.9 Å². The number of hydrogen-bond donors (Lipinski definition) is 1. The Labute approximate surface area is 159 Å². The quantitative estimate of drug-likeness (QED) is 0.660. The van der Waals surface area contributed by atoms with Crippen LogP contribution >= 0.6 is 0 Å². The first kappa shape index (κ1) is 19.0. The third-order valence-electron chi connectivity index (χ3n) is 3.90. The van der Waals surface area contributed by atoms with Crippen molar-refractivity contribution in [2.24, 2.45) is 0 Å². The number of aromatic nitrogens is 1. The standard InChI is InChI=1S/C20H22N2O4S/c1-4-25-17-10-9-16(12-18(17)26-5-2)22-27(23,24)19-8-6-7-15-11-14(3)13-21-20(15)19/h6-13,22H,4-5H2,1-3H3. The second-order valence-corrected chi connectivity index (χ2v) is 7.62. The minimum atomic E-state index is -3.82. The smallest absolute Gasteiger partial charge is 0.264 e. The first-order chi connectivity index (χ1) is 12.9. The number of benzene rings is 2. The maximum atomic E-state index is 13.0. The lowest BCUT2D eigenvalue weighted by Crippen LogP contribution is -2.14. The highest BCUT2D eigenvalue weighted by Crippen LogP contribution is 2.32. The number of aryl methyl sites for hydroxylation is 1. The van der Waals surface area contributed by atoms with E-state index in [1.807, 2.05) is 32.9 Å². The van der Waals surface area contributed by atoms with Crippen LogP contribution < -0.4 is 14.2 Å². The number of hydrogen-bond acceptors (Lipinski definition) is 5. The van der Waals surface area contributed by atoms with E-state index in [2.05, 4.69) is 9.71 Å². The molecule has 27 heavy (non-hydrogen) atoms. The van der Waals surface area contributed by atoms with Gasteiger partial charge >= 0.3 is 0 Å². The summed E-state index contributed by atoms with van der Waals surface area (Å²) in [6.45, 7) is 6.59. The minimum Gasteiger partial charge on any atom is -0.490 e. The summed E-state index contributed by atoms with van der Waals surface area (Å²) in [5.74, 6) is 1.07. The van der Waals surface area contributed by atoms with Crippen molar-refractivity contribution in [1.82, 2.24) is 4.98 Å². The molecule has 0 spiro atoms. The Hall–Kier alpha value is -2.80. The second-order valence-electron chi connectivity index (χ2n) is 5.97. The molecule has 0 fully saturated rings. The van der Waals surface area contributed by atoms with Crippen LogP contribution in [0, 0.1) is 6.92 Å². The molecule has 2 aromatic carbocycles. The van der Waals surface area contributed by atoms with Gasteiger partial charge in [-0.3, -0.25) is 9.71 Å². The number of rotatable bonds is 7. The number of nitrogens with zero attached hydrogens (tertiary/aromatic N) is 1. The molecular weight excluding hydrogens is 364 g/mol. The van der Waals surface area contributed by atoms with Crippen molar-refractivity contribution in [2.75, 3.05) is 17.9 Å². The van der Waals surface area contributed by atoms with Gasteiger partial charge in [0.25, 0.3) is 10.0 Å². The van der Waals surface area contributed by atoms with Crippen LogP contribution in [-0.2, 0) is 10.0 Å². The number of nitrogens with one attached hydrogen (secondary N) is 1. The minimum absolute atomic E-state index is 0.131. The lowest BCUT2D eigenvalue weighted by atomic mass is 10.2. The van der Waals surface area contributed by atoms with Crippen molar-refractivity contribution in [3.63, 3.8) is 0 Å². The maximum absolute atomic E-state index is 13.0. The van der Waals surface area contributed by atoms with Crippen LogP contribution in [0.3, 0.4) is 0 Å². The Morgan fingerprint density at radius 2 is 1.74 bits per heavy atom. The van der Waals surface area contributed by atoms with Gasteiger partial charge in [0.1, 0.15) is 4.90 Å². The highest BCUT2D eigenvalue weighted by atomic mass is 32.2. The SMILES string of the molecule is CCOc1ccc(NS(=O)(=O)c2cccc3cc(C)cnc23)cc1OCC. The number of anilines is 1. The summed E-state index contributed by atoms with van der Waals surface area (Å²) in [7, 11) is -3.82. The fraction of sp³-hybridized carbons (Fsp3) is 0.250. The van der Waals surface area contributed by atoms with Crippen molar-refractivity contribution in [2.45, 2.75) is 25.7 Å². The molecular formula is C20H22N2O4S. The molecule has 1 N–H and O–H groups in total. The van der Waals surface area contributed by atoms with E-state index in [1.165, 1.54) is 0 Å². The predicted octanol–water partition coefficient (Wildman–Crippen LogP) is 4.14. The van der Waals surface area contributed by atoms with E-state index in [1.54, 1.807) is 36.5 Å². The summed E-state index contributed by atoms with van der Waals surface area (Å²) < 4.78 is 39.6. The van der Waals surface area contributed by atoms with Gasteiger partial charge in [0, 0.05) is 17.6 Å². The summed E-state index contributed by atoms with van der Waals surface area (Å²) in [4.78, 5) is 4.44. The van der Waals surface area contributed by atoms with Gasteiger partial charge in [-0.05, 0) is 50.6 Å². The van der Waals surface area contributed by atoms with Gasteiger partial charge < -0.3 is 9.47 Å². The van der Waals surface area contributed by atoms with E-state index in [-0.39, 0.29) is 4.90 Å². The zero-order valence-corrected chi connectivity index (χ0v) is 16.3. The number of pyridine rings is 1. The molecule has 3 rings (SSSR count). The van der Waals surface area contributed by atoms with Crippen LogP contribution in [0.15, 0.2) is 53.6 Å².